The van der Waals surface area contributed by atoms with E-state index in [2.05, 4.69) is 16.1 Å². The summed E-state index contributed by atoms with van der Waals surface area (Å²) in [6.07, 6.45) is 0. The minimum atomic E-state index is -0.0182. The van der Waals surface area contributed by atoms with E-state index in [1.807, 2.05) is 47.4 Å². The van der Waals surface area contributed by atoms with Gasteiger partial charge in [-0.15, -0.1) is 12.4 Å². The number of piperazine rings is 1. The predicted molar refractivity (Wildman–Crippen MR) is 118 cm³/mol. The Balaban J connectivity index is 0.00000231. The maximum atomic E-state index is 13.2. The molecule has 0 radical (unpaired) electrons. The van der Waals surface area contributed by atoms with Crippen LogP contribution in [0.15, 0.2) is 53.1 Å². The van der Waals surface area contributed by atoms with E-state index >= 15 is 0 Å². The minimum Gasteiger partial charge on any atom is -0.454 e. The van der Waals surface area contributed by atoms with E-state index in [4.69, 9.17) is 14.0 Å². The Morgan fingerprint density at radius 2 is 1.74 bits per heavy atom. The summed E-state index contributed by atoms with van der Waals surface area (Å²) >= 11 is 0. The molecule has 162 valence electrons. The first-order valence-corrected chi connectivity index (χ1v) is 10.1. The summed E-state index contributed by atoms with van der Waals surface area (Å²) in [7, 11) is 0. The van der Waals surface area contributed by atoms with Gasteiger partial charge in [0.25, 0.3) is 5.91 Å². The molecule has 0 aliphatic carbocycles. The molecule has 3 aromatic rings. The molecule has 2 aliphatic rings. The number of carbonyl (C=O) groups is 1. The van der Waals surface area contributed by atoms with Gasteiger partial charge < -0.3 is 18.9 Å². The number of halogens is 1. The van der Waals surface area contributed by atoms with E-state index in [0.717, 1.165) is 36.7 Å². The molecule has 0 spiro atoms. The SMILES string of the molecule is Cc1onc(-c2ccccc2)c1C(=O)N1CCN(Cc2ccc3c(c2)OCO3)CC1.Cl. The molecule has 0 unspecified atom stereocenters. The summed E-state index contributed by atoms with van der Waals surface area (Å²) in [6, 6.07) is 15.7. The highest BCUT2D eigenvalue weighted by Gasteiger charge is 2.28. The topological polar surface area (TPSA) is 68.0 Å². The average molecular weight is 442 g/mol. The molecule has 8 heteroatoms. The van der Waals surface area contributed by atoms with Crippen LogP contribution in [-0.4, -0.2) is 53.8 Å². The average Bonchev–Trinajstić information content (AvgIpc) is 3.40. The summed E-state index contributed by atoms with van der Waals surface area (Å²) in [5, 5.41) is 4.15. The Labute approximate surface area is 186 Å². The number of amides is 1. The Kier molecular flexibility index (Phi) is 6.15. The van der Waals surface area contributed by atoms with Gasteiger partial charge in [0.15, 0.2) is 11.5 Å². The normalized spacial score (nSPS) is 15.6. The number of aromatic nitrogens is 1. The van der Waals surface area contributed by atoms with Crippen molar-refractivity contribution in [3.8, 4) is 22.8 Å². The smallest absolute Gasteiger partial charge is 0.259 e. The zero-order chi connectivity index (χ0) is 20.5. The highest BCUT2D eigenvalue weighted by atomic mass is 35.5. The number of hydrogen-bond donors (Lipinski definition) is 0. The highest BCUT2D eigenvalue weighted by molar-refractivity contribution is 6.00. The third-order valence-electron chi connectivity index (χ3n) is 5.63. The van der Waals surface area contributed by atoms with E-state index < -0.39 is 0 Å². The molecule has 0 bridgehead atoms. The standard InChI is InChI=1S/C23H23N3O4.ClH/c1-16-21(22(24-30-16)18-5-3-2-4-6-18)23(27)26-11-9-25(10-12-26)14-17-7-8-19-20(13-17)29-15-28-19;/h2-8,13H,9-12,14-15H2,1H3;1H. The Morgan fingerprint density at radius 1 is 1.00 bits per heavy atom. The van der Waals surface area contributed by atoms with Crippen molar-refractivity contribution in [2.24, 2.45) is 0 Å². The highest BCUT2D eigenvalue weighted by Crippen LogP contribution is 2.33. The first-order chi connectivity index (χ1) is 14.7. The summed E-state index contributed by atoms with van der Waals surface area (Å²) in [4.78, 5) is 17.5. The molecule has 0 saturated carbocycles. The second kappa shape index (κ2) is 8.99. The molecular formula is C23H24ClN3O4. The van der Waals surface area contributed by atoms with Crippen molar-refractivity contribution in [3.63, 3.8) is 0 Å². The van der Waals surface area contributed by atoms with Crippen LogP contribution in [0.5, 0.6) is 11.5 Å². The monoisotopic (exact) mass is 441 g/mol. The van der Waals surface area contributed by atoms with Crippen LogP contribution < -0.4 is 9.47 Å². The van der Waals surface area contributed by atoms with E-state index in [1.165, 1.54) is 5.56 Å². The molecule has 1 saturated heterocycles. The zero-order valence-corrected chi connectivity index (χ0v) is 18.1. The van der Waals surface area contributed by atoms with Crippen molar-refractivity contribution >= 4 is 18.3 Å². The first kappa shape index (κ1) is 21.2. The van der Waals surface area contributed by atoms with Gasteiger partial charge in [0, 0.05) is 38.3 Å². The number of ether oxygens (including phenoxy) is 2. The Hall–Kier alpha value is -3.03. The van der Waals surface area contributed by atoms with Gasteiger partial charge in [-0.2, -0.15) is 0 Å². The maximum absolute atomic E-state index is 13.2. The fourth-order valence-electron chi connectivity index (χ4n) is 3.98. The van der Waals surface area contributed by atoms with Gasteiger partial charge in [0.1, 0.15) is 17.0 Å². The summed E-state index contributed by atoms with van der Waals surface area (Å²) < 4.78 is 16.2. The van der Waals surface area contributed by atoms with Gasteiger partial charge in [-0.05, 0) is 24.6 Å². The van der Waals surface area contributed by atoms with Gasteiger partial charge in [0.2, 0.25) is 6.79 Å². The van der Waals surface area contributed by atoms with Crippen molar-refractivity contribution in [1.82, 2.24) is 15.0 Å². The van der Waals surface area contributed by atoms with Crippen LogP contribution in [0.2, 0.25) is 0 Å². The fourth-order valence-corrected chi connectivity index (χ4v) is 3.98. The summed E-state index contributed by atoms with van der Waals surface area (Å²) in [5.41, 5.74) is 3.24. The van der Waals surface area contributed by atoms with E-state index in [1.54, 1.807) is 6.92 Å². The fraction of sp³-hybridized carbons (Fsp3) is 0.304. The Morgan fingerprint density at radius 3 is 2.52 bits per heavy atom. The molecule has 3 heterocycles. The molecule has 7 nitrogen and oxygen atoms in total. The number of carbonyl (C=O) groups excluding carboxylic acids is 1. The quantitative estimate of drug-likeness (QED) is 0.614. The van der Waals surface area contributed by atoms with E-state index in [-0.39, 0.29) is 25.1 Å². The molecule has 0 N–H and O–H groups in total. The van der Waals surface area contributed by atoms with Crippen molar-refractivity contribution in [3.05, 3.63) is 65.4 Å². The van der Waals surface area contributed by atoms with Crippen LogP contribution in [0.1, 0.15) is 21.7 Å². The number of aryl methyl sites for hydroxylation is 1. The third-order valence-corrected chi connectivity index (χ3v) is 5.63. The number of fused-ring (bicyclic) bond motifs is 1. The molecule has 5 rings (SSSR count). The van der Waals surface area contributed by atoms with Gasteiger partial charge in [0.05, 0.1) is 0 Å². The molecule has 1 fully saturated rings. The minimum absolute atomic E-state index is 0. The maximum Gasteiger partial charge on any atom is 0.259 e. The van der Waals surface area contributed by atoms with Crippen LogP contribution in [0, 0.1) is 6.92 Å². The van der Waals surface area contributed by atoms with Crippen LogP contribution in [0.25, 0.3) is 11.3 Å². The summed E-state index contributed by atoms with van der Waals surface area (Å²) in [5.74, 6) is 2.14. The number of hydrogen-bond acceptors (Lipinski definition) is 6. The van der Waals surface area contributed by atoms with Crippen molar-refractivity contribution in [2.75, 3.05) is 33.0 Å². The molecule has 2 aliphatic heterocycles. The largest absolute Gasteiger partial charge is 0.454 e. The number of benzene rings is 2. The van der Waals surface area contributed by atoms with Crippen LogP contribution >= 0.6 is 12.4 Å². The number of rotatable bonds is 4. The lowest BCUT2D eigenvalue weighted by atomic mass is 10.0. The second-order valence-electron chi connectivity index (χ2n) is 7.58. The molecular weight excluding hydrogens is 418 g/mol. The van der Waals surface area contributed by atoms with Gasteiger partial charge >= 0.3 is 0 Å². The van der Waals surface area contributed by atoms with Crippen molar-refractivity contribution in [1.29, 1.82) is 0 Å². The van der Waals surface area contributed by atoms with Gasteiger partial charge in [-0.3, -0.25) is 9.69 Å². The predicted octanol–water partition coefficient (Wildman–Crippen LogP) is 3.76. The van der Waals surface area contributed by atoms with Crippen LogP contribution in [-0.2, 0) is 6.54 Å². The van der Waals surface area contributed by atoms with Crippen molar-refractivity contribution in [2.45, 2.75) is 13.5 Å². The van der Waals surface area contributed by atoms with Crippen LogP contribution in [0.4, 0.5) is 0 Å². The lowest BCUT2D eigenvalue weighted by Crippen LogP contribution is -2.48. The molecule has 1 amide bonds. The molecule has 31 heavy (non-hydrogen) atoms. The van der Waals surface area contributed by atoms with Crippen molar-refractivity contribution < 1.29 is 18.8 Å². The zero-order valence-electron chi connectivity index (χ0n) is 17.2. The van der Waals surface area contributed by atoms with E-state index in [9.17, 15) is 4.79 Å². The van der Waals surface area contributed by atoms with Gasteiger partial charge in [-0.1, -0.05) is 41.6 Å². The Bertz CT molecular complexity index is 1060. The van der Waals surface area contributed by atoms with E-state index in [0.29, 0.717) is 30.1 Å². The third kappa shape index (κ3) is 4.24. The lowest BCUT2D eigenvalue weighted by Gasteiger charge is -2.34. The molecule has 2 aromatic carbocycles. The number of nitrogens with zero attached hydrogens (tertiary/aromatic N) is 3. The second-order valence-corrected chi connectivity index (χ2v) is 7.58. The molecule has 0 atom stereocenters. The molecule has 1 aromatic heterocycles. The first-order valence-electron chi connectivity index (χ1n) is 10.1. The van der Waals surface area contributed by atoms with Crippen LogP contribution in [0.3, 0.4) is 0 Å². The summed E-state index contributed by atoms with van der Waals surface area (Å²) in [6.45, 7) is 5.86. The van der Waals surface area contributed by atoms with Gasteiger partial charge in [-0.25, -0.2) is 0 Å². The lowest BCUT2D eigenvalue weighted by molar-refractivity contribution is 0.0627.